The first-order valence-corrected chi connectivity index (χ1v) is 6.77. The van der Waals surface area contributed by atoms with Crippen LogP contribution in [0.3, 0.4) is 0 Å². The Kier molecular flexibility index (Phi) is 4.05. The lowest BCUT2D eigenvalue weighted by Crippen LogP contribution is -2.12. The maximum absolute atomic E-state index is 5.83. The van der Waals surface area contributed by atoms with E-state index in [2.05, 4.69) is 56.2 Å². The van der Waals surface area contributed by atoms with Gasteiger partial charge in [-0.05, 0) is 17.5 Å². The highest BCUT2D eigenvalue weighted by molar-refractivity contribution is 5.63. The SMILES string of the molecule is CCNCc1ncc(-c2ccccc2C(C)(C)C)o1. The van der Waals surface area contributed by atoms with Crippen LogP contribution in [-0.4, -0.2) is 11.5 Å². The topological polar surface area (TPSA) is 38.1 Å². The molecule has 0 spiro atoms. The van der Waals surface area contributed by atoms with Gasteiger partial charge in [-0.15, -0.1) is 0 Å². The molecule has 2 aromatic rings. The lowest BCUT2D eigenvalue weighted by molar-refractivity contribution is 0.480. The summed E-state index contributed by atoms with van der Waals surface area (Å²) in [5, 5.41) is 3.22. The number of benzene rings is 1. The van der Waals surface area contributed by atoms with Crippen LogP contribution < -0.4 is 5.32 Å². The van der Waals surface area contributed by atoms with E-state index < -0.39 is 0 Å². The number of nitrogens with one attached hydrogen (secondary N) is 1. The molecule has 0 aliphatic rings. The number of hydrogen-bond acceptors (Lipinski definition) is 3. The lowest BCUT2D eigenvalue weighted by Gasteiger charge is -2.21. The van der Waals surface area contributed by atoms with E-state index in [9.17, 15) is 0 Å². The number of nitrogens with zero attached hydrogens (tertiary/aromatic N) is 1. The molecular formula is C16H22N2O. The second-order valence-corrected chi connectivity index (χ2v) is 5.69. The van der Waals surface area contributed by atoms with Crippen LogP contribution in [0.15, 0.2) is 34.9 Å². The quantitative estimate of drug-likeness (QED) is 0.907. The monoisotopic (exact) mass is 258 g/mol. The van der Waals surface area contributed by atoms with Gasteiger partial charge in [0.25, 0.3) is 0 Å². The molecule has 0 saturated carbocycles. The molecule has 3 heteroatoms. The third-order valence-corrected chi connectivity index (χ3v) is 3.08. The van der Waals surface area contributed by atoms with Gasteiger partial charge in [0.2, 0.25) is 5.89 Å². The molecule has 19 heavy (non-hydrogen) atoms. The first-order chi connectivity index (χ1) is 9.02. The average molecular weight is 258 g/mol. The molecule has 0 unspecified atom stereocenters. The predicted molar refractivity (Wildman–Crippen MR) is 78.0 cm³/mol. The molecule has 0 aliphatic carbocycles. The average Bonchev–Trinajstić information content (AvgIpc) is 2.84. The normalized spacial score (nSPS) is 11.8. The van der Waals surface area contributed by atoms with Gasteiger partial charge in [-0.25, -0.2) is 4.98 Å². The number of oxazole rings is 1. The minimum Gasteiger partial charge on any atom is -0.439 e. The van der Waals surface area contributed by atoms with Crippen LogP contribution in [0.1, 0.15) is 39.1 Å². The fraction of sp³-hybridized carbons (Fsp3) is 0.438. The second-order valence-electron chi connectivity index (χ2n) is 5.69. The Balaban J connectivity index is 2.34. The Morgan fingerprint density at radius 2 is 1.95 bits per heavy atom. The Labute approximate surface area is 115 Å². The summed E-state index contributed by atoms with van der Waals surface area (Å²) in [6.07, 6.45) is 1.82. The van der Waals surface area contributed by atoms with Gasteiger partial charge in [0.1, 0.15) is 0 Å². The summed E-state index contributed by atoms with van der Waals surface area (Å²) in [5.41, 5.74) is 2.50. The van der Waals surface area contributed by atoms with E-state index in [0.29, 0.717) is 6.54 Å². The molecule has 0 aliphatic heterocycles. The molecular weight excluding hydrogens is 236 g/mol. The molecule has 1 heterocycles. The molecule has 0 atom stereocenters. The first kappa shape index (κ1) is 13.8. The van der Waals surface area contributed by atoms with Crippen molar-refractivity contribution in [1.29, 1.82) is 0 Å². The van der Waals surface area contributed by atoms with Gasteiger partial charge in [-0.3, -0.25) is 0 Å². The zero-order chi connectivity index (χ0) is 13.9. The molecule has 1 aromatic carbocycles. The van der Waals surface area contributed by atoms with Crippen LogP contribution in [0.25, 0.3) is 11.3 Å². The maximum atomic E-state index is 5.83. The Hall–Kier alpha value is -1.61. The third kappa shape index (κ3) is 3.24. The summed E-state index contributed by atoms with van der Waals surface area (Å²) in [6.45, 7) is 10.3. The van der Waals surface area contributed by atoms with Crippen molar-refractivity contribution in [3.05, 3.63) is 41.9 Å². The van der Waals surface area contributed by atoms with Crippen molar-refractivity contribution in [3.63, 3.8) is 0 Å². The van der Waals surface area contributed by atoms with Crippen molar-refractivity contribution in [1.82, 2.24) is 10.3 Å². The van der Waals surface area contributed by atoms with Crippen molar-refractivity contribution in [2.24, 2.45) is 0 Å². The van der Waals surface area contributed by atoms with E-state index in [1.165, 1.54) is 5.56 Å². The molecule has 3 nitrogen and oxygen atoms in total. The van der Waals surface area contributed by atoms with Crippen LogP contribution in [0.4, 0.5) is 0 Å². The van der Waals surface area contributed by atoms with E-state index in [4.69, 9.17) is 4.42 Å². The van der Waals surface area contributed by atoms with Crippen LogP contribution in [0.5, 0.6) is 0 Å². The van der Waals surface area contributed by atoms with Gasteiger partial charge in [-0.1, -0.05) is 52.0 Å². The van der Waals surface area contributed by atoms with Crippen molar-refractivity contribution in [3.8, 4) is 11.3 Å². The van der Waals surface area contributed by atoms with Crippen LogP contribution >= 0.6 is 0 Å². The molecule has 1 N–H and O–H groups in total. The van der Waals surface area contributed by atoms with Crippen LogP contribution in [0.2, 0.25) is 0 Å². The molecule has 0 radical (unpaired) electrons. The van der Waals surface area contributed by atoms with Gasteiger partial charge in [-0.2, -0.15) is 0 Å². The van der Waals surface area contributed by atoms with Gasteiger partial charge >= 0.3 is 0 Å². The minimum atomic E-state index is 0.0885. The standard InChI is InChI=1S/C16H22N2O/c1-5-17-11-15-18-10-14(19-15)12-8-6-7-9-13(12)16(2,3)4/h6-10,17H,5,11H2,1-4H3. The maximum Gasteiger partial charge on any atom is 0.208 e. The van der Waals surface area contributed by atoms with Crippen LogP contribution in [0, 0.1) is 0 Å². The molecule has 2 rings (SSSR count). The summed E-state index contributed by atoms with van der Waals surface area (Å²) < 4.78 is 5.83. The highest BCUT2D eigenvalue weighted by atomic mass is 16.4. The van der Waals surface area contributed by atoms with E-state index in [-0.39, 0.29) is 5.41 Å². The third-order valence-electron chi connectivity index (χ3n) is 3.08. The van der Waals surface area contributed by atoms with Crippen molar-refractivity contribution < 1.29 is 4.42 Å². The second kappa shape index (κ2) is 5.57. The van der Waals surface area contributed by atoms with Crippen LogP contribution in [-0.2, 0) is 12.0 Å². The summed E-state index contributed by atoms with van der Waals surface area (Å²) >= 11 is 0. The fourth-order valence-corrected chi connectivity index (χ4v) is 2.10. The molecule has 1 aromatic heterocycles. The van der Waals surface area contributed by atoms with E-state index in [0.717, 1.165) is 23.8 Å². The van der Waals surface area contributed by atoms with E-state index >= 15 is 0 Å². The summed E-state index contributed by atoms with van der Waals surface area (Å²) in [7, 11) is 0. The zero-order valence-corrected chi connectivity index (χ0v) is 12.2. The Morgan fingerprint density at radius 3 is 2.63 bits per heavy atom. The van der Waals surface area contributed by atoms with E-state index in [1.807, 2.05) is 12.3 Å². The number of hydrogen-bond donors (Lipinski definition) is 1. The number of aromatic nitrogens is 1. The molecule has 0 amide bonds. The fourth-order valence-electron chi connectivity index (χ4n) is 2.10. The first-order valence-electron chi connectivity index (χ1n) is 6.77. The Morgan fingerprint density at radius 1 is 1.21 bits per heavy atom. The van der Waals surface area contributed by atoms with Gasteiger partial charge in [0.05, 0.1) is 12.7 Å². The van der Waals surface area contributed by atoms with Crippen molar-refractivity contribution in [2.45, 2.75) is 39.7 Å². The lowest BCUT2D eigenvalue weighted by atomic mass is 9.83. The predicted octanol–water partition coefficient (Wildman–Crippen LogP) is 3.75. The van der Waals surface area contributed by atoms with Gasteiger partial charge in [0.15, 0.2) is 5.76 Å². The van der Waals surface area contributed by atoms with Gasteiger partial charge in [0, 0.05) is 5.56 Å². The zero-order valence-electron chi connectivity index (χ0n) is 12.2. The molecule has 0 saturated heterocycles. The highest BCUT2D eigenvalue weighted by Gasteiger charge is 2.20. The molecule has 0 bridgehead atoms. The summed E-state index contributed by atoms with van der Waals surface area (Å²) in [5.74, 6) is 1.58. The number of rotatable bonds is 4. The molecule has 102 valence electrons. The smallest absolute Gasteiger partial charge is 0.208 e. The Bertz CT molecular complexity index is 538. The highest BCUT2D eigenvalue weighted by Crippen LogP contribution is 2.32. The van der Waals surface area contributed by atoms with Gasteiger partial charge < -0.3 is 9.73 Å². The van der Waals surface area contributed by atoms with Crippen molar-refractivity contribution >= 4 is 0 Å². The minimum absolute atomic E-state index is 0.0885. The summed E-state index contributed by atoms with van der Waals surface area (Å²) in [4.78, 5) is 4.32. The summed E-state index contributed by atoms with van der Waals surface area (Å²) in [6, 6.07) is 8.36. The van der Waals surface area contributed by atoms with Crippen molar-refractivity contribution in [2.75, 3.05) is 6.54 Å². The molecule has 0 fully saturated rings. The largest absolute Gasteiger partial charge is 0.439 e. The van der Waals surface area contributed by atoms with E-state index in [1.54, 1.807) is 0 Å².